The first-order valence-corrected chi connectivity index (χ1v) is 11.6. The molecule has 33 heavy (non-hydrogen) atoms. The van der Waals surface area contributed by atoms with E-state index in [0.717, 1.165) is 25.9 Å². The molecule has 8 nitrogen and oxygen atoms in total. The van der Waals surface area contributed by atoms with Gasteiger partial charge in [-0.15, -0.1) is 0 Å². The molecule has 5 rings (SSSR count). The molecule has 4 aliphatic rings. The van der Waals surface area contributed by atoms with Gasteiger partial charge in [0, 0.05) is 38.8 Å². The minimum absolute atomic E-state index is 0.0522. The van der Waals surface area contributed by atoms with E-state index in [-0.39, 0.29) is 36.7 Å². The SMILES string of the molecule is CC(=O)NC[C@H]1CN(c2cc(F)c(N3CC4C(COC5CCCCO5)C4C3)c(F)c2)C(=O)O1. The lowest BCUT2D eigenvalue weighted by molar-refractivity contribution is -0.165. The van der Waals surface area contributed by atoms with Crippen LogP contribution in [0.5, 0.6) is 0 Å². The summed E-state index contributed by atoms with van der Waals surface area (Å²) in [6.07, 6.45) is 1.75. The van der Waals surface area contributed by atoms with Crippen LogP contribution >= 0.6 is 0 Å². The number of nitrogens with zero attached hydrogens (tertiary/aromatic N) is 2. The summed E-state index contributed by atoms with van der Waals surface area (Å²) < 4.78 is 46.6. The van der Waals surface area contributed by atoms with Gasteiger partial charge in [-0.2, -0.15) is 0 Å². The van der Waals surface area contributed by atoms with Crippen molar-refractivity contribution in [2.75, 3.05) is 49.2 Å². The van der Waals surface area contributed by atoms with Crippen LogP contribution in [0.4, 0.5) is 25.0 Å². The van der Waals surface area contributed by atoms with E-state index in [2.05, 4.69) is 5.32 Å². The number of benzene rings is 1. The van der Waals surface area contributed by atoms with Crippen LogP contribution in [0.2, 0.25) is 0 Å². The second kappa shape index (κ2) is 9.06. The average molecular weight is 465 g/mol. The second-order valence-electron chi connectivity index (χ2n) is 9.34. The van der Waals surface area contributed by atoms with Crippen molar-refractivity contribution < 1.29 is 32.6 Å². The first-order valence-electron chi connectivity index (χ1n) is 11.6. The molecule has 3 heterocycles. The van der Waals surface area contributed by atoms with Crippen LogP contribution in [-0.2, 0) is 19.0 Å². The highest BCUT2D eigenvalue weighted by molar-refractivity contribution is 5.90. The molecule has 0 spiro atoms. The number of carbonyl (C=O) groups is 2. The summed E-state index contributed by atoms with van der Waals surface area (Å²) in [5.74, 6) is -0.492. The van der Waals surface area contributed by atoms with Crippen LogP contribution in [0, 0.1) is 29.4 Å². The summed E-state index contributed by atoms with van der Waals surface area (Å²) in [6, 6.07) is 2.34. The Kier molecular flexibility index (Phi) is 6.13. The molecule has 2 amide bonds. The number of anilines is 2. The predicted molar refractivity (Wildman–Crippen MR) is 115 cm³/mol. The van der Waals surface area contributed by atoms with Crippen molar-refractivity contribution in [3.8, 4) is 0 Å². The monoisotopic (exact) mass is 465 g/mol. The van der Waals surface area contributed by atoms with E-state index in [9.17, 15) is 18.4 Å². The molecule has 3 aliphatic heterocycles. The molecule has 3 saturated heterocycles. The fraction of sp³-hybridized carbons (Fsp3) is 0.652. The molecule has 1 aromatic rings. The zero-order valence-corrected chi connectivity index (χ0v) is 18.6. The number of ether oxygens (including phenoxy) is 3. The minimum Gasteiger partial charge on any atom is -0.442 e. The van der Waals surface area contributed by atoms with Crippen LogP contribution in [0.25, 0.3) is 0 Å². The van der Waals surface area contributed by atoms with E-state index in [1.54, 1.807) is 4.90 Å². The third kappa shape index (κ3) is 4.63. The van der Waals surface area contributed by atoms with Crippen LogP contribution in [0.15, 0.2) is 12.1 Å². The Hall–Kier alpha value is -2.46. The summed E-state index contributed by atoms with van der Waals surface area (Å²) in [5, 5.41) is 2.57. The predicted octanol–water partition coefficient (Wildman–Crippen LogP) is 2.65. The van der Waals surface area contributed by atoms with Crippen LogP contribution in [0.3, 0.4) is 0 Å². The molecule has 0 aromatic heterocycles. The zero-order valence-electron chi connectivity index (χ0n) is 18.6. The standard InChI is InChI=1S/C23H29F2N3O5/c1-13(29)26-8-15-9-28(23(30)33-15)14-6-19(24)22(20(25)7-14)27-10-16-17(11-27)18(16)12-32-21-4-2-3-5-31-21/h6-7,15-18,21H,2-5,8-12H2,1H3,(H,26,29)/t15-,16?,17?,18?,21?/m0/s1. The largest absolute Gasteiger partial charge is 0.442 e. The van der Waals surface area contributed by atoms with Crippen LogP contribution in [-0.4, -0.2) is 63.8 Å². The van der Waals surface area contributed by atoms with Crippen molar-refractivity contribution in [3.05, 3.63) is 23.8 Å². The van der Waals surface area contributed by atoms with Crippen molar-refractivity contribution >= 4 is 23.4 Å². The van der Waals surface area contributed by atoms with E-state index >= 15 is 0 Å². The lowest BCUT2D eigenvalue weighted by Crippen LogP contribution is -2.33. The van der Waals surface area contributed by atoms with Crippen LogP contribution < -0.4 is 15.1 Å². The van der Waals surface area contributed by atoms with E-state index < -0.39 is 23.8 Å². The van der Waals surface area contributed by atoms with E-state index in [1.807, 2.05) is 0 Å². The van der Waals surface area contributed by atoms with Gasteiger partial charge in [-0.3, -0.25) is 9.69 Å². The first-order chi connectivity index (χ1) is 15.9. The number of hydrogen-bond donors (Lipinski definition) is 1. The average Bonchev–Trinajstić information content (AvgIpc) is 3.09. The third-order valence-electron chi connectivity index (χ3n) is 7.07. The molecule has 4 fully saturated rings. The van der Waals surface area contributed by atoms with Gasteiger partial charge in [-0.25, -0.2) is 13.6 Å². The molecule has 0 bridgehead atoms. The van der Waals surface area contributed by atoms with Gasteiger partial charge in [0.1, 0.15) is 11.8 Å². The maximum atomic E-state index is 15.0. The topological polar surface area (TPSA) is 80.3 Å². The van der Waals surface area contributed by atoms with Gasteiger partial charge in [-0.05, 0) is 37.0 Å². The normalized spacial score (nSPS) is 30.9. The molecule has 1 aliphatic carbocycles. The second-order valence-corrected chi connectivity index (χ2v) is 9.34. The maximum absolute atomic E-state index is 15.0. The summed E-state index contributed by atoms with van der Waals surface area (Å²) in [4.78, 5) is 26.2. The van der Waals surface area contributed by atoms with Gasteiger partial charge in [0.2, 0.25) is 5.91 Å². The summed E-state index contributed by atoms with van der Waals surface area (Å²) in [5.41, 5.74) is 0.0517. The van der Waals surface area contributed by atoms with Gasteiger partial charge in [-0.1, -0.05) is 0 Å². The van der Waals surface area contributed by atoms with Gasteiger partial charge in [0.25, 0.3) is 0 Å². The van der Waals surface area contributed by atoms with Gasteiger partial charge < -0.3 is 24.4 Å². The lowest BCUT2D eigenvalue weighted by atomic mass is 10.2. The highest BCUT2D eigenvalue weighted by Gasteiger charge is 2.56. The van der Waals surface area contributed by atoms with Crippen molar-refractivity contribution in [1.29, 1.82) is 0 Å². The number of piperidine rings is 1. The van der Waals surface area contributed by atoms with Crippen molar-refractivity contribution in [1.82, 2.24) is 5.32 Å². The molecule has 0 radical (unpaired) electrons. The molecule has 1 aromatic carbocycles. The number of halogens is 2. The maximum Gasteiger partial charge on any atom is 0.414 e. The quantitative estimate of drug-likeness (QED) is 0.667. The van der Waals surface area contributed by atoms with Crippen molar-refractivity contribution in [3.63, 3.8) is 0 Å². The molecule has 180 valence electrons. The highest BCUT2D eigenvalue weighted by atomic mass is 19.1. The van der Waals surface area contributed by atoms with Gasteiger partial charge in [0.05, 0.1) is 25.4 Å². The summed E-state index contributed by atoms with van der Waals surface area (Å²) in [6.45, 7) is 4.17. The first kappa shape index (κ1) is 22.3. The van der Waals surface area contributed by atoms with Crippen molar-refractivity contribution in [2.45, 2.75) is 38.6 Å². The Labute approximate surface area is 191 Å². The fourth-order valence-electron chi connectivity index (χ4n) is 5.25. The lowest BCUT2D eigenvalue weighted by Gasteiger charge is -2.26. The Balaban J connectivity index is 1.17. The molecular weight excluding hydrogens is 436 g/mol. The number of carbonyl (C=O) groups excluding carboxylic acids is 2. The molecular formula is C23H29F2N3O5. The molecule has 3 unspecified atom stereocenters. The van der Waals surface area contributed by atoms with Gasteiger partial charge in [0.15, 0.2) is 17.9 Å². The zero-order chi connectivity index (χ0) is 23.1. The molecule has 10 heteroatoms. The molecule has 1 N–H and O–H groups in total. The van der Waals surface area contributed by atoms with E-state index in [0.29, 0.717) is 37.5 Å². The summed E-state index contributed by atoms with van der Waals surface area (Å²) in [7, 11) is 0. The summed E-state index contributed by atoms with van der Waals surface area (Å²) >= 11 is 0. The number of fused-ring (bicyclic) bond motifs is 1. The third-order valence-corrected chi connectivity index (χ3v) is 7.07. The minimum atomic E-state index is -0.701. The Morgan fingerprint density at radius 1 is 1.18 bits per heavy atom. The number of amides is 2. The Bertz CT molecular complexity index is 890. The van der Waals surface area contributed by atoms with Crippen LogP contribution in [0.1, 0.15) is 26.2 Å². The Morgan fingerprint density at radius 3 is 2.55 bits per heavy atom. The fourth-order valence-corrected chi connectivity index (χ4v) is 5.25. The number of hydrogen-bond acceptors (Lipinski definition) is 6. The highest BCUT2D eigenvalue weighted by Crippen LogP contribution is 2.53. The molecule has 4 atom stereocenters. The van der Waals surface area contributed by atoms with Gasteiger partial charge >= 0.3 is 6.09 Å². The smallest absolute Gasteiger partial charge is 0.414 e. The van der Waals surface area contributed by atoms with Crippen molar-refractivity contribution in [2.24, 2.45) is 17.8 Å². The number of rotatable bonds is 7. The van der Waals surface area contributed by atoms with E-state index in [1.165, 1.54) is 24.0 Å². The Morgan fingerprint density at radius 2 is 1.91 bits per heavy atom. The molecule has 1 saturated carbocycles. The number of nitrogens with one attached hydrogen (secondary N) is 1. The van der Waals surface area contributed by atoms with E-state index in [4.69, 9.17) is 14.2 Å². The number of cyclic esters (lactones) is 1.